The lowest BCUT2D eigenvalue weighted by Gasteiger charge is -2.13. The molecular weight excluding hydrogens is 256 g/mol. The van der Waals surface area contributed by atoms with Crippen molar-refractivity contribution in [2.45, 2.75) is 20.3 Å². The van der Waals surface area contributed by atoms with Gasteiger partial charge in [-0.15, -0.1) is 0 Å². The van der Waals surface area contributed by atoms with Gasteiger partial charge in [-0.1, -0.05) is 37.3 Å². The number of aryl methyl sites for hydroxylation is 2. The summed E-state index contributed by atoms with van der Waals surface area (Å²) in [6, 6.07) is 9.75. The Morgan fingerprint density at radius 2 is 2.05 bits per heavy atom. The van der Waals surface area contributed by atoms with Crippen LogP contribution in [0, 0.1) is 6.92 Å². The first kappa shape index (κ1) is 13.5. The monoisotopic (exact) mass is 272 g/mol. The second-order valence-corrected chi connectivity index (χ2v) is 4.68. The Hall–Kier alpha value is -1.94. The van der Waals surface area contributed by atoms with Crippen molar-refractivity contribution in [1.82, 2.24) is 4.98 Å². The van der Waals surface area contributed by atoms with E-state index in [9.17, 15) is 0 Å². The van der Waals surface area contributed by atoms with Crippen molar-refractivity contribution in [2.24, 2.45) is 5.73 Å². The average molecular weight is 272 g/mol. The van der Waals surface area contributed by atoms with Gasteiger partial charge in [0.15, 0.2) is 0 Å². The predicted molar refractivity (Wildman–Crippen MR) is 80.8 cm³/mol. The molecule has 3 nitrogen and oxygen atoms in total. The van der Waals surface area contributed by atoms with Gasteiger partial charge < -0.3 is 10.5 Å². The Morgan fingerprint density at radius 3 is 2.74 bits per heavy atom. The van der Waals surface area contributed by atoms with Crippen LogP contribution in [0.1, 0.15) is 23.6 Å². The molecule has 98 valence electrons. The van der Waals surface area contributed by atoms with Crippen LogP contribution in [0.2, 0.25) is 0 Å². The lowest BCUT2D eigenvalue weighted by molar-refractivity contribution is 0.456. The number of nitrogens with zero attached hydrogens (tertiary/aromatic N) is 1. The zero-order valence-electron chi connectivity index (χ0n) is 11.0. The number of rotatable bonds is 4. The van der Waals surface area contributed by atoms with E-state index in [1.165, 1.54) is 0 Å². The number of aromatic nitrogens is 1. The minimum atomic E-state index is 0.301. The summed E-state index contributed by atoms with van der Waals surface area (Å²) < 4.78 is 5.90. The molecule has 0 unspecified atom stereocenters. The topological polar surface area (TPSA) is 48.1 Å². The van der Waals surface area contributed by atoms with Crippen LogP contribution < -0.4 is 10.5 Å². The van der Waals surface area contributed by atoms with E-state index in [2.05, 4.69) is 11.9 Å². The minimum absolute atomic E-state index is 0.301. The molecule has 2 N–H and O–H groups in total. The Bertz CT molecular complexity index is 611. The van der Waals surface area contributed by atoms with Crippen molar-refractivity contribution in [3.05, 3.63) is 53.2 Å². The van der Waals surface area contributed by atoms with Crippen LogP contribution >= 0.6 is 12.2 Å². The summed E-state index contributed by atoms with van der Waals surface area (Å²) in [6.07, 6.45) is 2.59. The molecule has 1 aromatic heterocycles. The van der Waals surface area contributed by atoms with Crippen LogP contribution in [0.3, 0.4) is 0 Å². The normalized spacial score (nSPS) is 10.2. The third-order valence-corrected chi connectivity index (χ3v) is 3.14. The zero-order valence-corrected chi connectivity index (χ0v) is 11.8. The van der Waals surface area contributed by atoms with Crippen LogP contribution in [0.25, 0.3) is 0 Å². The highest BCUT2D eigenvalue weighted by atomic mass is 32.1. The van der Waals surface area contributed by atoms with Crippen molar-refractivity contribution < 1.29 is 4.74 Å². The lowest BCUT2D eigenvalue weighted by Crippen LogP contribution is -2.13. The molecule has 0 saturated heterocycles. The summed E-state index contributed by atoms with van der Waals surface area (Å²) in [7, 11) is 0. The zero-order chi connectivity index (χ0) is 13.8. The molecule has 4 heteroatoms. The van der Waals surface area contributed by atoms with E-state index >= 15 is 0 Å². The molecule has 0 aliphatic carbocycles. The van der Waals surface area contributed by atoms with Crippen LogP contribution in [0.15, 0.2) is 36.5 Å². The van der Waals surface area contributed by atoms with Crippen molar-refractivity contribution in [3.8, 4) is 11.6 Å². The Morgan fingerprint density at radius 1 is 1.32 bits per heavy atom. The van der Waals surface area contributed by atoms with Gasteiger partial charge >= 0.3 is 0 Å². The largest absolute Gasteiger partial charge is 0.438 e. The van der Waals surface area contributed by atoms with E-state index in [1.54, 1.807) is 6.20 Å². The van der Waals surface area contributed by atoms with E-state index in [1.807, 2.05) is 37.3 Å². The standard InChI is InChI=1S/C15H16N2OS/c1-3-11-6-4-5-7-12(11)18-15-13(14(16)19)10(2)8-9-17-15/h4-9H,3H2,1-2H3,(H2,16,19). The highest BCUT2D eigenvalue weighted by Gasteiger charge is 2.13. The number of hydrogen-bond donors (Lipinski definition) is 1. The van der Waals surface area contributed by atoms with Crippen LogP contribution in [-0.4, -0.2) is 9.97 Å². The Balaban J connectivity index is 2.44. The van der Waals surface area contributed by atoms with Gasteiger partial charge in [0.1, 0.15) is 10.7 Å². The van der Waals surface area contributed by atoms with E-state index in [-0.39, 0.29) is 0 Å². The summed E-state index contributed by atoms with van der Waals surface area (Å²) in [6.45, 7) is 4.02. The highest BCUT2D eigenvalue weighted by molar-refractivity contribution is 7.80. The van der Waals surface area contributed by atoms with Crippen molar-refractivity contribution in [2.75, 3.05) is 0 Å². The molecule has 0 saturated carbocycles. The van der Waals surface area contributed by atoms with Crippen LogP contribution in [-0.2, 0) is 6.42 Å². The van der Waals surface area contributed by atoms with Gasteiger partial charge in [0.2, 0.25) is 5.88 Å². The fourth-order valence-corrected chi connectivity index (χ4v) is 2.16. The molecule has 0 spiro atoms. The third kappa shape index (κ3) is 2.90. The van der Waals surface area contributed by atoms with Gasteiger partial charge in [0.05, 0.1) is 5.56 Å². The summed E-state index contributed by atoms with van der Waals surface area (Å²) in [4.78, 5) is 4.54. The molecule has 0 atom stereocenters. The first-order valence-corrected chi connectivity index (χ1v) is 6.55. The van der Waals surface area contributed by atoms with E-state index < -0.39 is 0 Å². The molecule has 0 bridgehead atoms. The number of pyridine rings is 1. The highest BCUT2D eigenvalue weighted by Crippen LogP contribution is 2.28. The number of ether oxygens (including phenoxy) is 1. The molecule has 1 aromatic carbocycles. The maximum Gasteiger partial charge on any atom is 0.229 e. The third-order valence-electron chi connectivity index (χ3n) is 2.93. The maximum absolute atomic E-state index is 5.90. The van der Waals surface area contributed by atoms with Gasteiger partial charge in [-0.05, 0) is 36.6 Å². The van der Waals surface area contributed by atoms with E-state index in [4.69, 9.17) is 22.7 Å². The fourth-order valence-electron chi connectivity index (χ4n) is 1.91. The molecule has 0 fully saturated rings. The van der Waals surface area contributed by atoms with Crippen molar-refractivity contribution in [3.63, 3.8) is 0 Å². The lowest BCUT2D eigenvalue weighted by atomic mass is 10.1. The molecule has 0 aliphatic heterocycles. The van der Waals surface area contributed by atoms with E-state index in [0.29, 0.717) is 16.4 Å². The molecular formula is C15H16N2OS. The van der Waals surface area contributed by atoms with Gasteiger partial charge in [0.25, 0.3) is 0 Å². The molecule has 0 radical (unpaired) electrons. The second-order valence-electron chi connectivity index (χ2n) is 4.24. The second kappa shape index (κ2) is 5.80. The van der Waals surface area contributed by atoms with Gasteiger partial charge in [-0.2, -0.15) is 0 Å². The summed E-state index contributed by atoms with van der Waals surface area (Å²) in [5.41, 5.74) is 8.54. The van der Waals surface area contributed by atoms with E-state index in [0.717, 1.165) is 23.3 Å². The first-order valence-electron chi connectivity index (χ1n) is 6.14. The number of benzene rings is 1. The van der Waals surface area contributed by atoms with Gasteiger partial charge in [0, 0.05) is 6.20 Å². The van der Waals surface area contributed by atoms with Crippen LogP contribution in [0.5, 0.6) is 11.6 Å². The van der Waals surface area contributed by atoms with Crippen LogP contribution in [0.4, 0.5) is 0 Å². The summed E-state index contributed by atoms with van der Waals surface area (Å²) in [5.74, 6) is 1.26. The minimum Gasteiger partial charge on any atom is -0.438 e. The van der Waals surface area contributed by atoms with Gasteiger partial charge in [-0.25, -0.2) is 4.98 Å². The Kier molecular flexibility index (Phi) is 4.12. The smallest absolute Gasteiger partial charge is 0.229 e. The number of nitrogens with two attached hydrogens (primary N) is 1. The molecule has 2 rings (SSSR count). The SMILES string of the molecule is CCc1ccccc1Oc1nccc(C)c1C(N)=S. The van der Waals surface area contributed by atoms with Crippen molar-refractivity contribution >= 4 is 17.2 Å². The molecule has 1 heterocycles. The maximum atomic E-state index is 5.90. The number of hydrogen-bond acceptors (Lipinski definition) is 3. The predicted octanol–water partition coefficient (Wildman–Crippen LogP) is 3.38. The number of para-hydroxylation sites is 1. The quantitative estimate of drug-likeness (QED) is 0.867. The first-order chi connectivity index (χ1) is 9.13. The molecule has 19 heavy (non-hydrogen) atoms. The number of thiocarbonyl (C=S) groups is 1. The molecule has 0 amide bonds. The summed E-state index contributed by atoms with van der Waals surface area (Å²) in [5, 5.41) is 0. The van der Waals surface area contributed by atoms with Crippen molar-refractivity contribution in [1.29, 1.82) is 0 Å². The fraction of sp³-hybridized carbons (Fsp3) is 0.200. The summed E-state index contributed by atoms with van der Waals surface area (Å²) >= 11 is 5.07. The Labute approximate surface area is 118 Å². The molecule has 2 aromatic rings. The average Bonchev–Trinajstić information content (AvgIpc) is 2.39. The molecule has 0 aliphatic rings. The van der Waals surface area contributed by atoms with Gasteiger partial charge in [-0.3, -0.25) is 0 Å².